The first-order valence-electron chi connectivity index (χ1n) is 8.64. The lowest BCUT2D eigenvalue weighted by Gasteiger charge is -2.18. The van der Waals surface area contributed by atoms with Gasteiger partial charge in [0.05, 0.1) is 10.1 Å². The minimum absolute atomic E-state index is 0.127. The number of hydrogen-bond acceptors (Lipinski definition) is 3. The van der Waals surface area contributed by atoms with Crippen molar-refractivity contribution in [2.45, 2.75) is 55.1 Å². The Kier molecular flexibility index (Phi) is 5.05. The lowest BCUT2D eigenvalue weighted by molar-refractivity contribution is -0.130. The van der Waals surface area contributed by atoms with E-state index in [9.17, 15) is 13.2 Å². The second-order valence-electron chi connectivity index (χ2n) is 6.80. The zero-order valence-corrected chi connectivity index (χ0v) is 14.3. The van der Waals surface area contributed by atoms with Gasteiger partial charge in [0.2, 0.25) is 5.91 Å². The van der Waals surface area contributed by atoms with Gasteiger partial charge in [-0.25, -0.2) is 8.42 Å². The van der Waals surface area contributed by atoms with Crippen LogP contribution >= 0.6 is 0 Å². The van der Waals surface area contributed by atoms with Crippen LogP contribution in [0.15, 0.2) is 35.2 Å². The van der Waals surface area contributed by atoms with Crippen molar-refractivity contribution in [3.05, 3.63) is 30.3 Å². The average Bonchev–Trinajstić information content (AvgIpc) is 3.25. The van der Waals surface area contributed by atoms with Crippen LogP contribution in [0.4, 0.5) is 0 Å². The monoisotopic (exact) mass is 335 g/mol. The zero-order chi connectivity index (χ0) is 16.3. The van der Waals surface area contributed by atoms with Crippen molar-refractivity contribution < 1.29 is 13.2 Å². The molecule has 1 heterocycles. The molecule has 1 unspecified atom stereocenters. The largest absolute Gasteiger partial charge is 0.341 e. The fraction of sp³-hybridized carbons (Fsp3) is 0.611. The molecule has 1 saturated heterocycles. The molecule has 5 heteroatoms. The maximum Gasteiger partial charge on any atom is 0.222 e. The zero-order valence-electron chi connectivity index (χ0n) is 13.5. The highest BCUT2D eigenvalue weighted by Gasteiger charge is 2.36. The van der Waals surface area contributed by atoms with Gasteiger partial charge in [0, 0.05) is 19.5 Å². The summed E-state index contributed by atoms with van der Waals surface area (Å²) >= 11 is 0. The van der Waals surface area contributed by atoms with Crippen LogP contribution in [0.25, 0.3) is 0 Å². The molecule has 1 atom stereocenters. The number of carbonyl (C=O) groups is 1. The van der Waals surface area contributed by atoms with Gasteiger partial charge in [0.1, 0.15) is 0 Å². The van der Waals surface area contributed by atoms with E-state index in [-0.39, 0.29) is 5.91 Å². The fourth-order valence-corrected chi connectivity index (χ4v) is 5.51. The standard InChI is InChI=1S/C18H25NO3S/c20-18(11-10-15-6-4-5-7-15)19-13-12-17(14-19)23(21,22)16-8-2-1-3-9-16/h1-3,8-9,15,17H,4-7,10-14H2. The second-order valence-corrected chi connectivity index (χ2v) is 9.03. The minimum Gasteiger partial charge on any atom is -0.341 e. The van der Waals surface area contributed by atoms with Crippen LogP contribution in [0.5, 0.6) is 0 Å². The summed E-state index contributed by atoms with van der Waals surface area (Å²) in [4.78, 5) is 14.5. The highest BCUT2D eigenvalue weighted by Crippen LogP contribution is 2.29. The van der Waals surface area contributed by atoms with Gasteiger partial charge in [-0.05, 0) is 30.9 Å². The molecule has 0 radical (unpaired) electrons. The van der Waals surface area contributed by atoms with Gasteiger partial charge in [-0.2, -0.15) is 0 Å². The van der Waals surface area contributed by atoms with Crippen LogP contribution in [0.3, 0.4) is 0 Å². The Morgan fingerprint density at radius 1 is 1.09 bits per heavy atom. The van der Waals surface area contributed by atoms with Gasteiger partial charge in [0.15, 0.2) is 9.84 Å². The van der Waals surface area contributed by atoms with Crippen molar-refractivity contribution in [2.24, 2.45) is 5.92 Å². The third kappa shape index (κ3) is 3.77. The molecule has 3 rings (SSSR count). The van der Waals surface area contributed by atoms with Crippen molar-refractivity contribution in [2.75, 3.05) is 13.1 Å². The summed E-state index contributed by atoms with van der Waals surface area (Å²) in [6, 6.07) is 8.57. The van der Waals surface area contributed by atoms with Crippen LogP contribution in [-0.2, 0) is 14.6 Å². The number of nitrogens with zero attached hydrogens (tertiary/aromatic N) is 1. The lowest BCUT2D eigenvalue weighted by atomic mass is 10.0. The van der Waals surface area contributed by atoms with Crippen molar-refractivity contribution in [1.29, 1.82) is 0 Å². The summed E-state index contributed by atoms with van der Waals surface area (Å²) in [5, 5.41) is -0.458. The van der Waals surface area contributed by atoms with Crippen LogP contribution < -0.4 is 0 Å². The normalized spacial score (nSPS) is 22.6. The molecule has 2 aliphatic rings. The van der Waals surface area contributed by atoms with Crippen molar-refractivity contribution >= 4 is 15.7 Å². The first-order chi connectivity index (χ1) is 11.1. The molecule has 0 N–H and O–H groups in total. The van der Waals surface area contributed by atoms with E-state index < -0.39 is 15.1 Å². The first kappa shape index (κ1) is 16.5. The third-order valence-corrected chi connectivity index (χ3v) is 7.44. The summed E-state index contributed by atoms with van der Waals surface area (Å²) in [7, 11) is -3.33. The summed E-state index contributed by atoms with van der Waals surface area (Å²) in [6.45, 7) is 0.918. The number of amides is 1. The van der Waals surface area contributed by atoms with Crippen LogP contribution in [0.1, 0.15) is 44.9 Å². The van der Waals surface area contributed by atoms with E-state index in [4.69, 9.17) is 0 Å². The van der Waals surface area contributed by atoms with E-state index in [2.05, 4.69) is 0 Å². The van der Waals surface area contributed by atoms with Crippen molar-refractivity contribution in [3.63, 3.8) is 0 Å². The molecule has 0 aromatic heterocycles. The quantitative estimate of drug-likeness (QED) is 0.831. The molecule has 0 bridgehead atoms. The van der Waals surface area contributed by atoms with Gasteiger partial charge in [-0.1, -0.05) is 43.9 Å². The molecule has 1 saturated carbocycles. The lowest BCUT2D eigenvalue weighted by Crippen LogP contribution is -2.32. The van der Waals surface area contributed by atoms with E-state index in [0.717, 1.165) is 6.42 Å². The minimum atomic E-state index is -3.33. The first-order valence-corrected chi connectivity index (χ1v) is 10.2. The van der Waals surface area contributed by atoms with Gasteiger partial charge in [0.25, 0.3) is 0 Å². The van der Waals surface area contributed by atoms with Crippen LogP contribution in [-0.4, -0.2) is 37.6 Å². The molecular formula is C18H25NO3S. The Morgan fingerprint density at radius 2 is 1.78 bits per heavy atom. The maximum atomic E-state index is 12.6. The summed E-state index contributed by atoms with van der Waals surface area (Å²) < 4.78 is 25.3. The molecule has 1 aliphatic carbocycles. The van der Waals surface area contributed by atoms with E-state index in [1.165, 1.54) is 25.7 Å². The molecule has 1 amide bonds. The van der Waals surface area contributed by atoms with Gasteiger partial charge in [-0.3, -0.25) is 4.79 Å². The van der Waals surface area contributed by atoms with E-state index in [1.807, 2.05) is 6.07 Å². The average molecular weight is 335 g/mol. The molecule has 1 aliphatic heterocycles. The van der Waals surface area contributed by atoms with Crippen LogP contribution in [0, 0.1) is 5.92 Å². The van der Waals surface area contributed by atoms with Crippen LogP contribution in [0.2, 0.25) is 0 Å². The summed E-state index contributed by atoms with van der Waals surface area (Å²) in [5.41, 5.74) is 0. The SMILES string of the molecule is O=C(CCC1CCCC1)N1CCC(S(=O)(=O)c2ccccc2)C1. The number of likely N-dealkylation sites (tertiary alicyclic amines) is 1. The predicted molar refractivity (Wildman–Crippen MR) is 89.8 cm³/mol. The van der Waals surface area contributed by atoms with E-state index in [0.29, 0.717) is 36.7 Å². The van der Waals surface area contributed by atoms with Gasteiger partial charge in [-0.15, -0.1) is 0 Å². The number of carbonyl (C=O) groups excluding carboxylic acids is 1. The second kappa shape index (κ2) is 7.04. The Bertz CT molecular complexity index is 635. The number of sulfone groups is 1. The summed E-state index contributed by atoms with van der Waals surface area (Å²) in [5.74, 6) is 0.827. The molecule has 2 fully saturated rings. The molecule has 1 aromatic carbocycles. The molecule has 1 aromatic rings. The maximum absolute atomic E-state index is 12.6. The van der Waals surface area contributed by atoms with Crippen molar-refractivity contribution in [3.8, 4) is 0 Å². The third-order valence-electron chi connectivity index (χ3n) is 5.25. The Morgan fingerprint density at radius 3 is 2.48 bits per heavy atom. The van der Waals surface area contributed by atoms with Gasteiger partial charge < -0.3 is 4.90 Å². The number of hydrogen-bond donors (Lipinski definition) is 0. The molecular weight excluding hydrogens is 310 g/mol. The molecule has 23 heavy (non-hydrogen) atoms. The molecule has 4 nitrogen and oxygen atoms in total. The number of rotatable bonds is 5. The highest BCUT2D eigenvalue weighted by molar-refractivity contribution is 7.92. The molecule has 126 valence electrons. The fourth-order valence-electron chi connectivity index (χ4n) is 3.80. The predicted octanol–water partition coefficient (Wildman–Crippen LogP) is 3.03. The molecule has 0 spiro atoms. The Hall–Kier alpha value is -1.36. The Labute approximate surface area is 138 Å². The highest BCUT2D eigenvalue weighted by atomic mass is 32.2. The van der Waals surface area contributed by atoms with E-state index >= 15 is 0 Å². The smallest absolute Gasteiger partial charge is 0.222 e. The summed E-state index contributed by atoms with van der Waals surface area (Å²) in [6.07, 6.45) is 7.16. The van der Waals surface area contributed by atoms with Crippen molar-refractivity contribution in [1.82, 2.24) is 4.90 Å². The number of benzene rings is 1. The van der Waals surface area contributed by atoms with Gasteiger partial charge >= 0.3 is 0 Å². The Balaban J connectivity index is 1.56. The van der Waals surface area contributed by atoms with E-state index in [1.54, 1.807) is 29.2 Å². The topological polar surface area (TPSA) is 54.5 Å².